The van der Waals surface area contributed by atoms with Crippen LogP contribution in [0.1, 0.15) is 0 Å². The average molecular weight is 382 g/mol. The lowest BCUT2D eigenvalue weighted by Gasteiger charge is -2.16. The van der Waals surface area contributed by atoms with Crippen molar-refractivity contribution in [3.05, 3.63) is 83.3 Å². The van der Waals surface area contributed by atoms with Crippen LogP contribution in [-0.2, 0) is 0 Å². The number of aromatic nitrogens is 2. The summed E-state index contributed by atoms with van der Waals surface area (Å²) < 4.78 is 12.6. The molecule has 2 aromatic heterocycles. The Morgan fingerprint density at radius 3 is 2.31 bits per heavy atom. The molecule has 0 aliphatic carbocycles. The fraction of sp³-hybridized carbons (Fsp3) is 0.0833. The Labute approximate surface area is 166 Å². The molecule has 0 N–H and O–H groups in total. The maximum absolute atomic E-state index is 13.7. The minimum Gasteiger partial charge on any atom is -0.493 e. The molecule has 142 valence electrons. The number of ether oxygens (including phenoxy) is 2. The van der Waals surface area contributed by atoms with Gasteiger partial charge in [0.15, 0.2) is 11.5 Å². The Morgan fingerprint density at radius 1 is 0.793 bits per heavy atom. The smallest absolute Gasteiger partial charge is 0.263 e. The molecule has 0 atom stereocenters. The molecule has 29 heavy (non-hydrogen) atoms. The van der Waals surface area contributed by atoms with E-state index < -0.39 is 0 Å². The molecular weight excluding hydrogens is 364 g/mol. The molecule has 2 heterocycles. The molecule has 5 heteroatoms. The van der Waals surface area contributed by atoms with E-state index in [0.29, 0.717) is 16.9 Å². The lowest BCUT2D eigenvalue weighted by molar-refractivity contribution is 0.356. The van der Waals surface area contributed by atoms with E-state index >= 15 is 0 Å². The molecule has 5 nitrogen and oxygen atoms in total. The number of para-hydroxylation sites is 2. The van der Waals surface area contributed by atoms with Crippen molar-refractivity contribution in [3.8, 4) is 17.2 Å². The molecule has 0 saturated heterocycles. The Hall–Kier alpha value is -3.86. The van der Waals surface area contributed by atoms with Crippen LogP contribution in [0.5, 0.6) is 11.5 Å². The van der Waals surface area contributed by atoms with Crippen molar-refractivity contribution in [1.82, 2.24) is 9.55 Å². The third-order valence-corrected chi connectivity index (χ3v) is 5.24. The van der Waals surface area contributed by atoms with Crippen LogP contribution in [0.3, 0.4) is 0 Å². The molecule has 5 rings (SSSR count). The van der Waals surface area contributed by atoms with Crippen LogP contribution in [0.15, 0.2) is 77.7 Å². The summed E-state index contributed by atoms with van der Waals surface area (Å²) in [7, 11) is 3.16. The van der Waals surface area contributed by atoms with Crippen LogP contribution in [0.25, 0.3) is 38.3 Å². The number of hydrogen-bond donors (Lipinski definition) is 0. The van der Waals surface area contributed by atoms with Crippen LogP contribution in [0.2, 0.25) is 0 Å². The van der Waals surface area contributed by atoms with Gasteiger partial charge in [0, 0.05) is 22.4 Å². The summed E-state index contributed by atoms with van der Waals surface area (Å²) in [4.78, 5) is 18.2. The Morgan fingerprint density at radius 2 is 1.52 bits per heavy atom. The molecule has 0 spiro atoms. The second-order valence-electron chi connectivity index (χ2n) is 6.76. The van der Waals surface area contributed by atoms with Crippen molar-refractivity contribution >= 4 is 32.6 Å². The van der Waals surface area contributed by atoms with Crippen LogP contribution in [-0.4, -0.2) is 23.8 Å². The first kappa shape index (κ1) is 17.3. The monoisotopic (exact) mass is 382 g/mol. The van der Waals surface area contributed by atoms with Crippen LogP contribution >= 0.6 is 0 Å². The highest BCUT2D eigenvalue weighted by Gasteiger charge is 2.17. The van der Waals surface area contributed by atoms with E-state index in [1.54, 1.807) is 31.0 Å². The van der Waals surface area contributed by atoms with E-state index in [1.807, 2.05) is 60.7 Å². The SMILES string of the molecule is COc1cc2c(=O)n(-c3cccc4cccnc34)c3ccccc3c2cc1OC. The highest BCUT2D eigenvalue weighted by molar-refractivity contribution is 6.08. The molecule has 0 bridgehead atoms. The largest absolute Gasteiger partial charge is 0.493 e. The molecule has 0 fully saturated rings. The fourth-order valence-electron chi connectivity index (χ4n) is 3.91. The van der Waals surface area contributed by atoms with E-state index in [0.717, 1.165) is 32.9 Å². The zero-order valence-corrected chi connectivity index (χ0v) is 16.0. The fourth-order valence-corrected chi connectivity index (χ4v) is 3.91. The Balaban J connectivity index is 2.00. The molecule has 0 unspecified atom stereocenters. The summed E-state index contributed by atoms with van der Waals surface area (Å²) in [6, 6.07) is 21.2. The second kappa shape index (κ2) is 6.63. The summed E-state index contributed by atoms with van der Waals surface area (Å²) in [6.07, 6.45) is 1.74. The van der Waals surface area contributed by atoms with Gasteiger partial charge < -0.3 is 9.47 Å². The number of methoxy groups -OCH3 is 2. The van der Waals surface area contributed by atoms with E-state index in [4.69, 9.17) is 9.47 Å². The zero-order chi connectivity index (χ0) is 20.0. The maximum atomic E-state index is 13.7. The first-order valence-corrected chi connectivity index (χ1v) is 9.26. The van der Waals surface area contributed by atoms with Crippen LogP contribution < -0.4 is 15.0 Å². The van der Waals surface area contributed by atoms with Gasteiger partial charge in [-0.15, -0.1) is 0 Å². The first-order valence-electron chi connectivity index (χ1n) is 9.26. The quantitative estimate of drug-likeness (QED) is 0.424. The van der Waals surface area contributed by atoms with Crippen molar-refractivity contribution in [2.45, 2.75) is 0 Å². The summed E-state index contributed by atoms with van der Waals surface area (Å²) in [5.41, 5.74) is 2.22. The number of nitrogens with zero attached hydrogens (tertiary/aromatic N) is 2. The van der Waals surface area contributed by atoms with Gasteiger partial charge in [-0.05, 0) is 30.3 Å². The van der Waals surface area contributed by atoms with Gasteiger partial charge in [-0.25, -0.2) is 0 Å². The summed E-state index contributed by atoms with van der Waals surface area (Å²) in [6.45, 7) is 0. The zero-order valence-electron chi connectivity index (χ0n) is 16.0. The predicted octanol–water partition coefficient (Wildman–Crippen LogP) is 4.71. The Bertz CT molecular complexity index is 1450. The minimum atomic E-state index is -0.127. The van der Waals surface area contributed by atoms with E-state index in [-0.39, 0.29) is 5.56 Å². The van der Waals surface area contributed by atoms with Crippen molar-refractivity contribution in [2.24, 2.45) is 0 Å². The highest BCUT2D eigenvalue weighted by Crippen LogP contribution is 2.35. The summed E-state index contributed by atoms with van der Waals surface area (Å²) >= 11 is 0. The molecule has 0 aliphatic rings. The number of rotatable bonds is 3. The molecule has 0 saturated carbocycles. The molecule has 5 aromatic rings. The van der Waals surface area contributed by atoms with Crippen LogP contribution in [0, 0.1) is 0 Å². The summed E-state index contributed by atoms with van der Waals surface area (Å²) in [5, 5.41) is 3.33. The predicted molar refractivity (Wildman–Crippen MR) is 115 cm³/mol. The van der Waals surface area contributed by atoms with E-state index in [2.05, 4.69) is 4.98 Å². The normalized spacial score (nSPS) is 11.2. The molecule has 0 amide bonds. The Kier molecular flexibility index (Phi) is 3.95. The first-order chi connectivity index (χ1) is 14.2. The minimum absolute atomic E-state index is 0.127. The maximum Gasteiger partial charge on any atom is 0.263 e. The standard InChI is InChI=1S/C24H18N2O3/c1-28-21-13-17-16-9-3-4-10-19(16)26(24(27)18(17)14-22(21)29-2)20-11-5-7-15-8-6-12-25-23(15)20/h3-14H,1-2H3. The average Bonchev–Trinajstić information content (AvgIpc) is 2.78. The van der Waals surface area contributed by atoms with Gasteiger partial charge in [-0.2, -0.15) is 0 Å². The van der Waals surface area contributed by atoms with Crippen molar-refractivity contribution < 1.29 is 9.47 Å². The third kappa shape index (κ3) is 2.55. The second-order valence-corrected chi connectivity index (χ2v) is 6.76. The van der Waals surface area contributed by atoms with Gasteiger partial charge in [0.05, 0.1) is 36.3 Å². The van der Waals surface area contributed by atoms with Crippen molar-refractivity contribution in [1.29, 1.82) is 0 Å². The van der Waals surface area contributed by atoms with Gasteiger partial charge in [0.25, 0.3) is 5.56 Å². The van der Waals surface area contributed by atoms with Gasteiger partial charge in [-0.1, -0.05) is 36.4 Å². The van der Waals surface area contributed by atoms with Gasteiger partial charge in [-0.3, -0.25) is 14.3 Å². The third-order valence-electron chi connectivity index (χ3n) is 5.24. The van der Waals surface area contributed by atoms with E-state index in [9.17, 15) is 4.79 Å². The molecular formula is C24H18N2O3. The number of benzene rings is 3. The number of pyridine rings is 2. The van der Waals surface area contributed by atoms with E-state index in [1.165, 1.54) is 0 Å². The molecule has 3 aromatic carbocycles. The van der Waals surface area contributed by atoms with Crippen molar-refractivity contribution in [2.75, 3.05) is 14.2 Å². The topological polar surface area (TPSA) is 53.4 Å². The van der Waals surface area contributed by atoms with Gasteiger partial charge >= 0.3 is 0 Å². The highest BCUT2D eigenvalue weighted by atomic mass is 16.5. The van der Waals surface area contributed by atoms with Gasteiger partial charge in [0.2, 0.25) is 0 Å². The molecule has 0 aliphatic heterocycles. The lowest BCUT2D eigenvalue weighted by Crippen LogP contribution is -2.19. The summed E-state index contributed by atoms with van der Waals surface area (Å²) in [5.74, 6) is 1.11. The van der Waals surface area contributed by atoms with Crippen LogP contribution in [0.4, 0.5) is 0 Å². The number of fused-ring (bicyclic) bond motifs is 4. The molecule has 0 radical (unpaired) electrons. The number of hydrogen-bond acceptors (Lipinski definition) is 4. The van der Waals surface area contributed by atoms with Crippen molar-refractivity contribution in [3.63, 3.8) is 0 Å². The van der Waals surface area contributed by atoms with Gasteiger partial charge in [0.1, 0.15) is 0 Å². The lowest BCUT2D eigenvalue weighted by atomic mass is 10.0.